The zero-order chi connectivity index (χ0) is 23.8. The summed E-state index contributed by atoms with van der Waals surface area (Å²) in [6.07, 6.45) is 0.314. The number of ether oxygens (including phenoxy) is 1. The standard InChI is InChI=1S/C24H19Cl2N3O3S2/c1-2-32-24(31)29-10-9-15-19(12-29)34-23(28-21(30)14-8-7-13(25)11-16(14)26)20(15)22-27-17-5-3-4-6-18(17)33-22/h3-8,11H,2,9-10,12H2,1H3,(H,28,30). The Morgan fingerprint density at radius 1 is 1.18 bits per heavy atom. The number of thiazole rings is 1. The van der Waals surface area contributed by atoms with Gasteiger partial charge in [-0.05, 0) is 49.2 Å². The Kier molecular flexibility index (Phi) is 6.48. The smallest absolute Gasteiger partial charge is 0.410 e. The average Bonchev–Trinajstić information content (AvgIpc) is 3.39. The monoisotopic (exact) mass is 531 g/mol. The first kappa shape index (κ1) is 23.1. The van der Waals surface area contributed by atoms with Crippen molar-refractivity contribution in [2.24, 2.45) is 0 Å². The van der Waals surface area contributed by atoms with Crippen LogP contribution in [0.4, 0.5) is 9.80 Å². The minimum absolute atomic E-state index is 0.279. The van der Waals surface area contributed by atoms with Gasteiger partial charge in [0.2, 0.25) is 0 Å². The van der Waals surface area contributed by atoms with Gasteiger partial charge in [0.05, 0.1) is 34.0 Å². The predicted molar refractivity (Wildman–Crippen MR) is 138 cm³/mol. The number of amides is 2. The van der Waals surface area contributed by atoms with Crippen molar-refractivity contribution >= 4 is 73.1 Å². The fourth-order valence-electron chi connectivity index (χ4n) is 3.91. The fraction of sp³-hybridized carbons (Fsp3) is 0.208. The fourth-order valence-corrected chi connectivity index (χ4v) is 6.77. The first-order valence-electron chi connectivity index (χ1n) is 10.6. The van der Waals surface area contributed by atoms with E-state index in [2.05, 4.69) is 5.32 Å². The maximum Gasteiger partial charge on any atom is 0.410 e. The summed E-state index contributed by atoms with van der Waals surface area (Å²) in [5.74, 6) is -0.329. The van der Waals surface area contributed by atoms with Crippen LogP contribution in [0.2, 0.25) is 10.0 Å². The number of carbonyl (C=O) groups excluding carboxylic acids is 2. The van der Waals surface area contributed by atoms with E-state index in [9.17, 15) is 9.59 Å². The zero-order valence-corrected chi connectivity index (χ0v) is 21.2. The largest absolute Gasteiger partial charge is 0.450 e. The second kappa shape index (κ2) is 9.54. The molecule has 2 amide bonds. The number of fused-ring (bicyclic) bond motifs is 2. The molecule has 10 heteroatoms. The van der Waals surface area contributed by atoms with Crippen LogP contribution >= 0.6 is 45.9 Å². The van der Waals surface area contributed by atoms with Gasteiger partial charge in [-0.15, -0.1) is 22.7 Å². The highest BCUT2D eigenvalue weighted by Gasteiger charge is 2.30. The van der Waals surface area contributed by atoms with Gasteiger partial charge in [0.25, 0.3) is 5.91 Å². The van der Waals surface area contributed by atoms with Crippen molar-refractivity contribution < 1.29 is 14.3 Å². The molecule has 1 aliphatic heterocycles. The van der Waals surface area contributed by atoms with Gasteiger partial charge in [0.15, 0.2) is 0 Å². The first-order chi connectivity index (χ1) is 16.4. The summed E-state index contributed by atoms with van der Waals surface area (Å²) >= 11 is 15.3. The number of hydrogen-bond donors (Lipinski definition) is 1. The van der Waals surface area contributed by atoms with Gasteiger partial charge in [0, 0.05) is 22.0 Å². The van der Waals surface area contributed by atoms with Crippen LogP contribution in [-0.4, -0.2) is 35.0 Å². The maximum atomic E-state index is 13.1. The van der Waals surface area contributed by atoms with Crippen LogP contribution in [0.5, 0.6) is 0 Å². The van der Waals surface area contributed by atoms with Gasteiger partial charge in [-0.25, -0.2) is 9.78 Å². The number of halogens is 2. The van der Waals surface area contributed by atoms with Crippen LogP contribution in [0.25, 0.3) is 20.8 Å². The molecule has 0 aliphatic carbocycles. The van der Waals surface area contributed by atoms with Gasteiger partial charge in [-0.1, -0.05) is 35.3 Å². The summed E-state index contributed by atoms with van der Waals surface area (Å²) in [6, 6.07) is 12.7. The topological polar surface area (TPSA) is 71.5 Å². The lowest BCUT2D eigenvalue weighted by atomic mass is 10.0. The van der Waals surface area contributed by atoms with Gasteiger partial charge in [-0.2, -0.15) is 0 Å². The number of hydrogen-bond acceptors (Lipinski definition) is 6. The third-order valence-corrected chi connectivity index (χ3v) is 8.23. The van der Waals surface area contributed by atoms with Crippen LogP contribution in [0.1, 0.15) is 27.7 Å². The lowest BCUT2D eigenvalue weighted by molar-refractivity contribution is 0.102. The van der Waals surface area contributed by atoms with Crippen LogP contribution in [0.15, 0.2) is 42.5 Å². The lowest BCUT2D eigenvalue weighted by Gasteiger charge is -2.26. The predicted octanol–water partition coefficient (Wildman–Crippen LogP) is 7.10. The molecule has 0 radical (unpaired) electrons. The quantitative estimate of drug-likeness (QED) is 0.304. The molecule has 174 valence electrons. The minimum Gasteiger partial charge on any atom is -0.450 e. The number of anilines is 1. The molecule has 34 heavy (non-hydrogen) atoms. The Labute approximate surface area is 214 Å². The average molecular weight is 532 g/mol. The van der Waals surface area contributed by atoms with Gasteiger partial charge in [-0.3, -0.25) is 4.79 Å². The normalized spacial score (nSPS) is 13.1. The SMILES string of the molecule is CCOC(=O)N1CCc2c(sc(NC(=O)c3ccc(Cl)cc3Cl)c2-c2nc3ccccc3s2)C1. The van der Waals surface area contributed by atoms with Crippen molar-refractivity contribution in [1.82, 2.24) is 9.88 Å². The molecule has 0 bridgehead atoms. The molecule has 5 rings (SSSR count). The van der Waals surface area contributed by atoms with E-state index in [1.807, 2.05) is 24.3 Å². The summed E-state index contributed by atoms with van der Waals surface area (Å²) in [4.78, 5) is 33.0. The Morgan fingerprint density at radius 3 is 2.76 bits per heavy atom. The van der Waals surface area contributed by atoms with E-state index in [4.69, 9.17) is 32.9 Å². The second-order valence-corrected chi connectivity index (χ2v) is 10.6. The number of carbonyl (C=O) groups is 2. The number of thiophene rings is 1. The van der Waals surface area contributed by atoms with Crippen LogP contribution < -0.4 is 5.32 Å². The molecule has 2 aromatic heterocycles. The molecule has 3 heterocycles. The number of para-hydroxylation sites is 1. The number of benzene rings is 2. The third kappa shape index (κ3) is 4.38. The van der Waals surface area contributed by atoms with E-state index >= 15 is 0 Å². The molecule has 0 unspecified atom stereocenters. The number of nitrogens with zero attached hydrogens (tertiary/aromatic N) is 2. The second-order valence-electron chi connectivity index (χ2n) is 7.64. The number of nitrogens with one attached hydrogen (secondary N) is 1. The highest BCUT2D eigenvalue weighted by Crippen LogP contribution is 2.46. The van der Waals surface area contributed by atoms with E-state index in [0.717, 1.165) is 31.2 Å². The molecule has 0 atom stereocenters. The van der Waals surface area contributed by atoms with Crippen LogP contribution in [0.3, 0.4) is 0 Å². The summed E-state index contributed by atoms with van der Waals surface area (Å²) in [6.45, 7) is 3.08. The molecular weight excluding hydrogens is 513 g/mol. The molecule has 0 saturated heterocycles. The van der Waals surface area contributed by atoms with E-state index in [1.54, 1.807) is 41.4 Å². The molecule has 1 N–H and O–H groups in total. The van der Waals surface area contributed by atoms with Crippen molar-refractivity contribution in [3.63, 3.8) is 0 Å². The molecule has 0 saturated carbocycles. The van der Waals surface area contributed by atoms with Gasteiger partial charge < -0.3 is 15.0 Å². The van der Waals surface area contributed by atoms with Gasteiger partial charge >= 0.3 is 6.09 Å². The van der Waals surface area contributed by atoms with Crippen molar-refractivity contribution in [2.75, 3.05) is 18.5 Å². The summed E-state index contributed by atoms with van der Waals surface area (Å²) < 4.78 is 6.26. The number of rotatable bonds is 4. The zero-order valence-electron chi connectivity index (χ0n) is 18.1. The Balaban J connectivity index is 1.56. The van der Waals surface area contributed by atoms with E-state index in [-0.39, 0.29) is 17.0 Å². The highest BCUT2D eigenvalue weighted by atomic mass is 35.5. The van der Waals surface area contributed by atoms with Crippen molar-refractivity contribution in [3.05, 3.63) is 68.5 Å². The van der Waals surface area contributed by atoms with Crippen LogP contribution in [0, 0.1) is 0 Å². The molecular formula is C24H19Cl2N3O3S2. The molecule has 2 aromatic carbocycles. The van der Waals surface area contributed by atoms with Crippen molar-refractivity contribution in [2.45, 2.75) is 19.9 Å². The van der Waals surface area contributed by atoms with Gasteiger partial charge in [0.1, 0.15) is 10.0 Å². The van der Waals surface area contributed by atoms with E-state index < -0.39 is 0 Å². The lowest BCUT2D eigenvalue weighted by Crippen LogP contribution is -2.35. The molecule has 1 aliphatic rings. The number of aromatic nitrogens is 1. The van der Waals surface area contributed by atoms with Crippen LogP contribution in [-0.2, 0) is 17.7 Å². The summed E-state index contributed by atoms with van der Waals surface area (Å²) in [5.41, 5.74) is 3.25. The molecule has 0 spiro atoms. The van der Waals surface area contributed by atoms with E-state index in [0.29, 0.717) is 41.7 Å². The van der Waals surface area contributed by atoms with E-state index in [1.165, 1.54) is 11.3 Å². The summed E-state index contributed by atoms with van der Waals surface area (Å²) in [7, 11) is 0. The van der Waals surface area contributed by atoms with Crippen molar-refractivity contribution in [3.8, 4) is 10.6 Å². The Bertz CT molecular complexity index is 1380. The highest BCUT2D eigenvalue weighted by molar-refractivity contribution is 7.23. The molecule has 6 nitrogen and oxygen atoms in total. The first-order valence-corrected chi connectivity index (χ1v) is 13.0. The third-order valence-electron chi connectivity index (χ3n) is 5.49. The Hall–Kier alpha value is -2.65. The maximum absolute atomic E-state index is 13.1. The Morgan fingerprint density at radius 2 is 2.00 bits per heavy atom. The molecule has 4 aromatic rings. The van der Waals surface area contributed by atoms with Crippen molar-refractivity contribution in [1.29, 1.82) is 0 Å². The minimum atomic E-state index is -0.332. The summed E-state index contributed by atoms with van der Waals surface area (Å²) in [5, 5.41) is 5.30. The molecule has 0 fully saturated rings.